The van der Waals surface area contributed by atoms with Crippen molar-refractivity contribution in [3.8, 4) is 11.5 Å². The normalized spacial score (nSPS) is 10.4. The standard InChI is InChI=1S/C14H24N2O2/c1-4-8-15-9-10-16-11-12-13(17-2)6-5-7-14(12)18-3/h5-7,15-16H,4,8-11H2,1-3H3. The Balaban J connectivity index is 2.45. The average molecular weight is 252 g/mol. The van der Waals surface area contributed by atoms with Crippen molar-refractivity contribution in [3.63, 3.8) is 0 Å². The Morgan fingerprint density at radius 1 is 0.944 bits per heavy atom. The molecule has 0 aliphatic carbocycles. The number of rotatable bonds is 9. The minimum absolute atomic E-state index is 0.751. The van der Waals surface area contributed by atoms with Crippen LogP contribution in [-0.4, -0.2) is 33.9 Å². The lowest BCUT2D eigenvalue weighted by atomic mass is 10.1. The van der Waals surface area contributed by atoms with Gasteiger partial charge in [0.2, 0.25) is 0 Å². The second-order valence-corrected chi connectivity index (χ2v) is 4.07. The first-order valence-corrected chi connectivity index (χ1v) is 6.44. The van der Waals surface area contributed by atoms with Crippen LogP contribution in [0, 0.1) is 0 Å². The quantitative estimate of drug-likeness (QED) is 0.658. The number of methoxy groups -OCH3 is 2. The molecule has 4 nitrogen and oxygen atoms in total. The maximum atomic E-state index is 5.35. The summed E-state index contributed by atoms with van der Waals surface area (Å²) in [5.41, 5.74) is 1.07. The first kappa shape index (κ1) is 14.8. The van der Waals surface area contributed by atoms with E-state index >= 15 is 0 Å². The molecule has 1 aromatic rings. The molecule has 102 valence electrons. The third-order valence-corrected chi connectivity index (χ3v) is 2.74. The highest BCUT2D eigenvalue weighted by Crippen LogP contribution is 2.27. The van der Waals surface area contributed by atoms with E-state index in [2.05, 4.69) is 17.6 Å². The smallest absolute Gasteiger partial charge is 0.127 e. The van der Waals surface area contributed by atoms with Gasteiger partial charge in [-0.15, -0.1) is 0 Å². The van der Waals surface area contributed by atoms with E-state index in [1.807, 2.05) is 18.2 Å². The summed E-state index contributed by atoms with van der Waals surface area (Å²) < 4.78 is 10.7. The summed E-state index contributed by atoms with van der Waals surface area (Å²) >= 11 is 0. The van der Waals surface area contributed by atoms with Gasteiger partial charge in [0.05, 0.1) is 14.2 Å². The third kappa shape index (κ3) is 4.55. The molecule has 1 aromatic carbocycles. The molecule has 0 amide bonds. The lowest BCUT2D eigenvalue weighted by molar-refractivity contribution is 0.382. The Morgan fingerprint density at radius 2 is 1.56 bits per heavy atom. The molecular weight excluding hydrogens is 228 g/mol. The molecule has 0 aliphatic heterocycles. The van der Waals surface area contributed by atoms with Crippen molar-refractivity contribution in [2.24, 2.45) is 0 Å². The maximum absolute atomic E-state index is 5.35. The van der Waals surface area contributed by atoms with Crippen LogP contribution in [-0.2, 0) is 6.54 Å². The van der Waals surface area contributed by atoms with Crippen LogP contribution in [0.1, 0.15) is 18.9 Å². The predicted molar refractivity (Wildman–Crippen MR) is 74.4 cm³/mol. The average Bonchev–Trinajstić information content (AvgIpc) is 2.42. The number of benzene rings is 1. The first-order chi connectivity index (χ1) is 8.83. The molecule has 2 N–H and O–H groups in total. The predicted octanol–water partition coefficient (Wildman–Crippen LogP) is 1.79. The van der Waals surface area contributed by atoms with E-state index in [1.54, 1.807) is 14.2 Å². The molecular formula is C14H24N2O2. The molecule has 0 fully saturated rings. The van der Waals surface area contributed by atoms with Crippen molar-refractivity contribution in [3.05, 3.63) is 23.8 Å². The molecule has 0 heterocycles. The Kier molecular flexibility index (Phi) is 7.22. The third-order valence-electron chi connectivity index (χ3n) is 2.74. The molecule has 1 rings (SSSR count). The summed E-state index contributed by atoms with van der Waals surface area (Å²) in [6.45, 7) is 5.90. The zero-order valence-electron chi connectivity index (χ0n) is 11.6. The van der Waals surface area contributed by atoms with Gasteiger partial charge in [0.1, 0.15) is 11.5 Å². The van der Waals surface area contributed by atoms with Gasteiger partial charge < -0.3 is 20.1 Å². The first-order valence-electron chi connectivity index (χ1n) is 6.44. The zero-order chi connectivity index (χ0) is 13.2. The van der Waals surface area contributed by atoms with Crippen LogP contribution in [0.5, 0.6) is 11.5 Å². The van der Waals surface area contributed by atoms with E-state index in [9.17, 15) is 0 Å². The summed E-state index contributed by atoms with van der Waals surface area (Å²) in [5, 5.41) is 6.74. The minimum Gasteiger partial charge on any atom is -0.496 e. The van der Waals surface area contributed by atoms with Crippen molar-refractivity contribution in [2.45, 2.75) is 19.9 Å². The van der Waals surface area contributed by atoms with Crippen LogP contribution >= 0.6 is 0 Å². The molecule has 0 aliphatic rings. The van der Waals surface area contributed by atoms with Crippen LogP contribution < -0.4 is 20.1 Å². The van der Waals surface area contributed by atoms with Gasteiger partial charge in [-0.05, 0) is 25.1 Å². The lowest BCUT2D eigenvalue weighted by Gasteiger charge is -2.13. The van der Waals surface area contributed by atoms with Crippen molar-refractivity contribution in [1.82, 2.24) is 10.6 Å². The molecule has 0 saturated carbocycles. The van der Waals surface area contributed by atoms with Gasteiger partial charge in [-0.25, -0.2) is 0 Å². The summed E-state index contributed by atoms with van der Waals surface area (Å²) in [4.78, 5) is 0. The summed E-state index contributed by atoms with van der Waals surface area (Å²) in [6.07, 6.45) is 1.17. The van der Waals surface area contributed by atoms with Crippen LogP contribution in [0.15, 0.2) is 18.2 Å². The van der Waals surface area contributed by atoms with E-state index < -0.39 is 0 Å². The minimum atomic E-state index is 0.751. The highest BCUT2D eigenvalue weighted by Gasteiger charge is 2.08. The van der Waals surface area contributed by atoms with Crippen molar-refractivity contribution < 1.29 is 9.47 Å². The number of ether oxygens (including phenoxy) is 2. The van der Waals surface area contributed by atoms with Gasteiger partial charge in [0.25, 0.3) is 0 Å². The van der Waals surface area contributed by atoms with Crippen LogP contribution in [0.25, 0.3) is 0 Å². The molecule has 0 atom stereocenters. The highest BCUT2D eigenvalue weighted by atomic mass is 16.5. The van der Waals surface area contributed by atoms with E-state index in [0.29, 0.717) is 0 Å². The van der Waals surface area contributed by atoms with Gasteiger partial charge >= 0.3 is 0 Å². The second-order valence-electron chi connectivity index (χ2n) is 4.07. The van der Waals surface area contributed by atoms with Crippen molar-refractivity contribution in [1.29, 1.82) is 0 Å². The summed E-state index contributed by atoms with van der Waals surface area (Å²) in [5.74, 6) is 1.73. The fourth-order valence-corrected chi connectivity index (χ4v) is 1.79. The number of hydrogen-bond acceptors (Lipinski definition) is 4. The molecule has 0 aromatic heterocycles. The Hall–Kier alpha value is -1.26. The van der Waals surface area contributed by atoms with Crippen LogP contribution in [0.3, 0.4) is 0 Å². The number of hydrogen-bond donors (Lipinski definition) is 2. The van der Waals surface area contributed by atoms with E-state index in [-0.39, 0.29) is 0 Å². The molecule has 0 spiro atoms. The molecule has 0 saturated heterocycles. The molecule has 0 bridgehead atoms. The maximum Gasteiger partial charge on any atom is 0.127 e. The second kappa shape index (κ2) is 8.78. The molecule has 0 unspecified atom stereocenters. The van der Waals surface area contributed by atoms with E-state index in [0.717, 1.165) is 43.2 Å². The summed E-state index contributed by atoms with van der Waals surface area (Å²) in [7, 11) is 3.36. The lowest BCUT2D eigenvalue weighted by Crippen LogP contribution is -2.27. The highest BCUT2D eigenvalue weighted by molar-refractivity contribution is 5.44. The Bertz CT molecular complexity index is 320. The largest absolute Gasteiger partial charge is 0.496 e. The summed E-state index contributed by atoms with van der Waals surface area (Å²) in [6, 6.07) is 5.84. The Labute approximate surface area is 110 Å². The topological polar surface area (TPSA) is 42.5 Å². The Morgan fingerprint density at radius 3 is 2.11 bits per heavy atom. The van der Waals surface area contributed by atoms with E-state index in [1.165, 1.54) is 6.42 Å². The van der Waals surface area contributed by atoms with Gasteiger partial charge in [-0.3, -0.25) is 0 Å². The van der Waals surface area contributed by atoms with Gasteiger partial charge in [0, 0.05) is 25.2 Å². The fraction of sp³-hybridized carbons (Fsp3) is 0.571. The van der Waals surface area contributed by atoms with E-state index in [4.69, 9.17) is 9.47 Å². The number of nitrogens with one attached hydrogen (secondary N) is 2. The zero-order valence-corrected chi connectivity index (χ0v) is 11.6. The molecule has 4 heteroatoms. The fourth-order valence-electron chi connectivity index (χ4n) is 1.79. The SMILES string of the molecule is CCCNCCNCc1c(OC)cccc1OC. The molecule has 18 heavy (non-hydrogen) atoms. The van der Waals surface area contributed by atoms with Crippen LogP contribution in [0.2, 0.25) is 0 Å². The monoisotopic (exact) mass is 252 g/mol. The van der Waals surface area contributed by atoms with Crippen molar-refractivity contribution >= 4 is 0 Å². The van der Waals surface area contributed by atoms with Gasteiger partial charge in [-0.1, -0.05) is 13.0 Å². The van der Waals surface area contributed by atoms with Crippen molar-refractivity contribution in [2.75, 3.05) is 33.9 Å². The van der Waals surface area contributed by atoms with Crippen LogP contribution in [0.4, 0.5) is 0 Å². The van der Waals surface area contributed by atoms with Gasteiger partial charge in [-0.2, -0.15) is 0 Å². The molecule has 0 radical (unpaired) electrons. The van der Waals surface area contributed by atoms with Gasteiger partial charge in [0.15, 0.2) is 0 Å².